The van der Waals surface area contributed by atoms with Crippen LogP contribution in [0.1, 0.15) is 40.9 Å². The highest BCUT2D eigenvalue weighted by atomic mass is 15.1. The van der Waals surface area contributed by atoms with Crippen molar-refractivity contribution in [1.29, 1.82) is 0 Å². The highest BCUT2D eigenvalue weighted by Gasteiger charge is 2.13. The van der Waals surface area contributed by atoms with Crippen LogP contribution >= 0.6 is 0 Å². The lowest BCUT2D eigenvalue weighted by atomic mass is 9.99. The molecular weight excluding hydrogens is 292 g/mol. The van der Waals surface area contributed by atoms with Gasteiger partial charge >= 0.3 is 0 Å². The van der Waals surface area contributed by atoms with Gasteiger partial charge in [0.15, 0.2) is 0 Å². The first kappa shape index (κ1) is 15.2. The van der Waals surface area contributed by atoms with E-state index < -0.39 is 0 Å². The molecule has 122 valence electrons. The third-order valence-corrected chi connectivity index (χ3v) is 5.14. The minimum absolute atomic E-state index is 0.987. The van der Waals surface area contributed by atoms with E-state index in [1.807, 2.05) is 0 Å². The number of aromatic nitrogens is 2. The Morgan fingerprint density at radius 3 is 2.46 bits per heavy atom. The van der Waals surface area contributed by atoms with E-state index in [1.165, 1.54) is 46.5 Å². The van der Waals surface area contributed by atoms with Crippen LogP contribution in [0.4, 0.5) is 0 Å². The van der Waals surface area contributed by atoms with Crippen molar-refractivity contribution in [2.75, 3.05) is 0 Å². The minimum Gasteiger partial charge on any atom is -0.334 e. The van der Waals surface area contributed by atoms with Crippen LogP contribution in [-0.4, -0.2) is 9.55 Å². The Morgan fingerprint density at radius 1 is 0.917 bits per heavy atom. The molecule has 2 heteroatoms. The van der Waals surface area contributed by atoms with E-state index in [0.29, 0.717) is 0 Å². The van der Waals surface area contributed by atoms with Gasteiger partial charge in [0.2, 0.25) is 0 Å². The van der Waals surface area contributed by atoms with Crippen LogP contribution < -0.4 is 0 Å². The third-order valence-electron chi connectivity index (χ3n) is 5.14. The summed E-state index contributed by atoms with van der Waals surface area (Å²) in [6, 6.07) is 15.7. The lowest BCUT2D eigenvalue weighted by molar-refractivity contribution is 0.522. The molecule has 2 aromatic carbocycles. The number of aryl methyl sites for hydroxylation is 4. The summed E-state index contributed by atoms with van der Waals surface area (Å²) in [7, 11) is 0. The number of benzene rings is 2. The molecule has 0 unspecified atom stereocenters. The highest BCUT2D eigenvalue weighted by Crippen LogP contribution is 2.23. The van der Waals surface area contributed by atoms with Crippen LogP contribution in [0.5, 0.6) is 0 Å². The molecule has 3 aromatic rings. The van der Waals surface area contributed by atoms with Crippen LogP contribution in [0.2, 0.25) is 0 Å². The van der Waals surface area contributed by atoms with Crippen molar-refractivity contribution in [1.82, 2.24) is 9.55 Å². The van der Waals surface area contributed by atoms with Gasteiger partial charge in [-0.25, -0.2) is 4.98 Å². The average molecular weight is 316 g/mol. The normalized spacial score (nSPS) is 13.8. The Morgan fingerprint density at radius 2 is 1.71 bits per heavy atom. The molecule has 0 saturated heterocycles. The molecule has 24 heavy (non-hydrogen) atoms. The zero-order valence-electron chi connectivity index (χ0n) is 14.5. The summed E-state index contributed by atoms with van der Waals surface area (Å²) >= 11 is 0. The molecule has 0 atom stereocenters. The van der Waals surface area contributed by atoms with Crippen molar-refractivity contribution in [2.24, 2.45) is 0 Å². The first-order chi connectivity index (χ1) is 11.7. The SMILES string of the molecule is Cc1ccc(Cc2ccc(-c3cn4c(n3)CCCC4)cc2)cc1C. The number of hydrogen-bond donors (Lipinski definition) is 0. The molecular formula is C22H24N2. The van der Waals surface area contributed by atoms with Crippen LogP contribution in [0.25, 0.3) is 11.3 Å². The van der Waals surface area contributed by atoms with E-state index in [2.05, 4.69) is 67.1 Å². The molecule has 0 N–H and O–H groups in total. The van der Waals surface area contributed by atoms with Gasteiger partial charge in [-0.15, -0.1) is 0 Å². The van der Waals surface area contributed by atoms with Gasteiger partial charge < -0.3 is 4.57 Å². The second-order valence-electron chi connectivity index (χ2n) is 6.99. The van der Waals surface area contributed by atoms with E-state index in [-0.39, 0.29) is 0 Å². The van der Waals surface area contributed by atoms with Crippen molar-refractivity contribution in [3.63, 3.8) is 0 Å². The maximum atomic E-state index is 4.82. The molecule has 0 radical (unpaired) electrons. The molecule has 0 fully saturated rings. The summed E-state index contributed by atoms with van der Waals surface area (Å²) in [5.41, 5.74) is 7.80. The molecule has 0 bridgehead atoms. The topological polar surface area (TPSA) is 17.8 Å². The van der Waals surface area contributed by atoms with Crippen molar-refractivity contribution in [2.45, 2.75) is 46.1 Å². The predicted octanol–water partition coefficient (Wildman–Crippen LogP) is 5.09. The number of imidazole rings is 1. The molecule has 0 spiro atoms. The summed E-state index contributed by atoms with van der Waals surface area (Å²) in [5, 5.41) is 0. The van der Waals surface area contributed by atoms with E-state index in [9.17, 15) is 0 Å². The van der Waals surface area contributed by atoms with E-state index in [0.717, 1.165) is 25.1 Å². The fourth-order valence-corrected chi connectivity index (χ4v) is 3.49. The second kappa shape index (κ2) is 6.27. The van der Waals surface area contributed by atoms with Gasteiger partial charge in [0.25, 0.3) is 0 Å². The summed E-state index contributed by atoms with van der Waals surface area (Å²) < 4.78 is 2.32. The van der Waals surface area contributed by atoms with Gasteiger partial charge in [-0.3, -0.25) is 0 Å². The van der Waals surface area contributed by atoms with Crippen LogP contribution in [0.15, 0.2) is 48.7 Å². The van der Waals surface area contributed by atoms with Gasteiger partial charge in [0, 0.05) is 24.7 Å². The van der Waals surface area contributed by atoms with Crippen LogP contribution in [0.3, 0.4) is 0 Å². The lowest BCUT2D eigenvalue weighted by Crippen LogP contribution is -2.08. The number of rotatable bonds is 3. The zero-order valence-corrected chi connectivity index (χ0v) is 14.5. The smallest absolute Gasteiger partial charge is 0.109 e. The van der Waals surface area contributed by atoms with Crippen molar-refractivity contribution >= 4 is 0 Å². The standard InChI is InChI=1S/C22H24N2/c1-16-6-7-19(13-17(16)2)14-18-8-10-20(11-9-18)21-15-24-12-4-3-5-22(24)23-21/h6-11,13,15H,3-5,12,14H2,1-2H3. The van der Waals surface area contributed by atoms with Gasteiger partial charge in [-0.2, -0.15) is 0 Å². The lowest BCUT2D eigenvalue weighted by Gasteiger charge is -2.11. The minimum atomic E-state index is 0.987. The summed E-state index contributed by atoms with van der Waals surface area (Å²) in [5.74, 6) is 1.25. The number of nitrogens with zero attached hydrogens (tertiary/aromatic N) is 2. The first-order valence-electron chi connectivity index (χ1n) is 8.90. The Kier molecular flexibility index (Phi) is 3.97. The third kappa shape index (κ3) is 3.01. The highest BCUT2D eigenvalue weighted by molar-refractivity contribution is 5.59. The quantitative estimate of drug-likeness (QED) is 0.658. The van der Waals surface area contributed by atoms with Gasteiger partial charge in [-0.1, -0.05) is 42.5 Å². The summed E-state index contributed by atoms with van der Waals surface area (Å²) in [6.07, 6.45) is 6.86. The molecule has 0 aliphatic carbocycles. The van der Waals surface area contributed by atoms with Crippen LogP contribution in [-0.2, 0) is 19.4 Å². The maximum Gasteiger partial charge on any atom is 0.109 e. The van der Waals surface area contributed by atoms with E-state index in [1.54, 1.807) is 0 Å². The average Bonchev–Trinajstić information content (AvgIpc) is 3.03. The molecule has 0 amide bonds. The van der Waals surface area contributed by atoms with Crippen molar-refractivity contribution < 1.29 is 0 Å². The number of fused-ring (bicyclic) bond motifs is 1. The summed E-state index contributed by atoms with van der Waals surface area (Å²) in [4.78, 5) is 4.82. The molecule has 4 rings (SSSR count). The largest absolute Gasteiger partial charge is 0.334 e. The molecule has 1 aromatic heterocycles. The van der Waals surface area contributed by atoms with E-state index in [4.69, 9.17) is 4.98 Å². The molecule has 1 aliphatic rings. The van der Waals surface area contributed by atoms with Gasteiger partial charge in [0.1, 0.15) is 5.82 Å². The Balaban J connectivity index is 1.54. The fourth-order valence-electron chi connectivity index (χ4n) is 3.49. The molecule has 2 nitrogen and oxygen atoms in total. The molecule has 2 heterocycles. The molecule has 1 aliphatic heterocycles. The maximum absolute atomic E-state index is 4.82. The monoisotopic (exact) mass is 316 g/mol. The Hall–Kier alpha value is -2.35. The van der Waals surface area contributed by atoms with Crippen LogP contribution in [0, 0.1) is 13.8 Å². The second-order valence-corrected chi connectivity index (χ2v) is 6.99. The first-order valence-corrected chi connectivity index (χ1v) is 8.90. The van der Waals surface area contributed by atoms with Gasteiger partial charge in [0.05, 0.1) is 5.69 Å². The van der Waals surface area contributed by atoms with E-state index >= 15 is 0 Å². The van der Waals surface area contributed by atoms with Crippen molar-refractivity contribution in [3.05, 3.63) is 76.7 Å². The van der Waals surface area contributed by atoms with Gasteiger partial charge in [-0.05, 0) is 55.4 Å². The fraction of sp³-hybridized carbons (Fsp3) is 0.318. The Bertz CT molecular complexity index is 833. The number of hydrogen-bond acceptors (Lipinski definition) is 1. The molecule has 0 saturated carbocycles. The predicted molar refractivity (Wildman–Crippen MR) is 99.3 cm³/mol. The summed E-state index contributed by atoms with van der Waals surface area (Å²) in [6.45, 7) is 5.47. The Labute approximate surface area is 144 Å². The zero-order chi connectivity index (χ0) is 16.5. The van der Waals surface area contributed by atoms with Crippen molar-refractivity contribution in [3.8, 4) is 11.3 Å².